The van der Waals surface area contributed by atoms with Crippen LogP contribution in [0.2, 0.25) is 0 Å². The molecule has 2 rings (SSSR count). The Labute approximate surface area is 102 Å². The Morgan fingerprint density at radius 1 is 1.65 bits per heavy atom. The molecule has 1 aromatic rings. The van der Waals surface area contributed by atoms with Crippen LogP contribution in [-0.4, -0.2) is 31.9 Å². The van der Waals surface area contributed by atoms with Crippen LogP contribution in [0.4, 0.5) is 0 Å². The third-order valence-electron chi connectivity index (χ3n) is 3.18. The molecular weight excluding hydrogens is 216 g/mol. The van der Waals surface area contributed by atoms with Crippen molar-refractivity contribution in [3.63, 3.8) is 0 Å². The molecule has 4 heteroatoms. The number of hydrogen-bond acceptors (Lipinski definition) is 4. The highest BCUT2D eigenvalue weighted by molar-refractivity contribution is 5.23. The van der Waals surface area contributed by atoms with Gasteiger partial charge in [-0.2, -0.15) is 0 Å². The molecule has 2 atom stereocenters. The van der Waals surface area contributed by atoms with E-state index in [9.17, 15) is 0 Å². The standard InChI is InChI=1S/C13H20N2O2/c1-10(14-2)12-3-5-15-13(7-12)17-9-11-4-6-16-8-11/h3,5,7,10-11,14H,4,6,8-9H2,1-2H3. The van der Waals surface area contributed by atoms with Crippen LogP contribution in [0.5, 0.6) is 5.88 Å². The topological polar surface area (TPSA) is 43.4 Å². The predicted molar refractivity (Wildman–Crippen MR) is 66.1 cm³/mol. The first kappa shape index (κ1) is 12.3. The molecule has 17 heavy (non-hydrogen) atoms. The SMILES string of the molecule is CNC(C)c1ccnc(OCC2CCOC2)c1. The largest absolute Gasteiger partial charge is 0.477 e. The molecule has 1 aliphatic rings. The van der Waals surface area contributed by atoms with E-state index in [0.717, 1.165) is 19.6 Å². The summed E-state index contributed by atoms with van der Waals surface area (Å²) in [5.41, 5.74) is 1.19. The van der Waals surface area contributed by atoms with Crippen LogP contribution >= 0.6 is 0 Å². The van der Waals surface area contributed by atoms with Gasteiger partial charge in [0.15, 0.2) is 0 Å². The van der Waals surface area contributed by atoms with Gasteiger partial charge in [-0.25, -0.2) is 4.98 Å². The van der Waals surface area contributed by atoms with E-state index in [0.29, 0.717) is 24.4 Å². The van der Waals surface area contributed by atoms with Gasteiger partial charge in [-0.3, -0.25) is 0 Å². The van der Waals surface area contributed by atoms with Crippen molar-refractivity contribution >= 4 is 0 Å². The fraction of sp³-hybridized carbons (Fsp3) is 0.615. The molecule has 1 aromatic heterocycles. The highest BCUT2D eigenvalue weighted by Gasteiger charge is 2.16. The summed E-state index contributed by atoms with van der Waals surface area (Å²) in [5, 5.41) is 3.20. The predicted octanol–water partition coefficient (Wildman–Crippen LogP) is 1.78. The lowest BCUT2D eigenvalue weighted by atomic mass is 10.1. The number of nitrogens with zero attached hydrogens (tertiary/aromatic N) is 1. The van der Waals surface area contributed by atoms with Crippen LogP contribution in [-0.2, 0) is 4.74 Å². The molecular formula is C13H20N2O2. The minimum atomic E-state index is 0.315. The van der Waals surface area contributed by atoms with Gasteiger partial charge in [0.2, 0.25) is 5.88 Å². The highest BCUT2D eigenvalue weighted by Crippen LogP contribution is 2.18. The van der Waals surface area contributed by atoms with E-state index in [1.165, 1.54) is 5.56 Å². The summed E-state index contributed by atoms with van der Waals surface area (Å²) in [7, 11) is 1.95. The summed E-state index contributed by atoms with van der Waals surface area (Å²) in [6.07, 6.45) is 2.89. The zero-order valence-electron chi connectivity index (χ0n) is 10.5. The van der Waals surface area contributed by atoms with Crippen molar-refractivity contribution in [3.8, 4) is 5.88 Å². The molecule has 0 amide bonds. The van der Waals surface area contributed by atoms with Crippen molar-refractivity contribution in [3.05, 3.63) is 23.9 Å². The van der Waals surface area contributed by atoms with Gasteiger partial charge in [-0.05, 0) is 32.0 Å². The fourth-order valence-corrected chi connectivity index (χ4v) is 1.86. The Hall–Kier alpha value is -1.13. The second-order valence-electron chi connectivity index (χ2n) is 4.48. The number of rotatable bonds is 5. The summed E-state index contributed by atoms with van der Waals surface area (Å²) in [6.45, 7) is 4.49. The number of pyridine rings is 1. The van der Waals surface area contributed by atoms with Gasteiger partial charge >= 0.3 is 0 Å². The van der Waals surface area contributed by atoms with E-state index in [-0.39, 0.29) is 0 Å². The molecule has 1 saturated heterocycles. The van der Waals surface area contributed by atoms with Crippen molar-refractivity contribution in [1.82, 2.24) is 10.3 Å². The number of aromatic nitrogens is 1. The Morgan fingerprint density at radius 2 is 2.53 bits per heavy atom. The van der Waals surface area contributed by atoms with Crippen LogP contribution in [0.1, 0.15) is 24.9 Å². The first-order chi connectivity index (χ1) is 8.29. The molecule has 0 bridgehead atoms. The van der Waals surface area contributed by atoms with Crippen molar-refractivity contribution in [2.24, 2.45) is 5.92 Å². The molecule has 0 radical (unpaired) electrons. The van der Waals surface area contributed by atoms with Crippen molar-refractivity contribution in [2.75, 3.05) is 26.9 Å². The van der Waals surface area contributed by atoms with Crippen molar-refractivity contribution in [2.45, 2.75) is 19.4 Å². The van der Waals surface area contributed by atoms with E-state index in [4.69, 9.17) is 9.47 Å². The average Bonchev–Trinajstić information content (AvgIpc) is 2.89. The summed E-state index contributed by atoms with van der Waals surface area (Å²) in [6, 6.07) is 4.32. The second-order valence-corrected chi connectivity index (χ2v) is 4.48. The molecule has 0 aliphatic carbocycles. The lowest BCUT2D eigenvalue weighted by Crippen LogP contribution is -2.14. The first-order valence-electron chi connectivity index (χ1n) is 6.13. The molecule has 0 saturated carbocycles. The summed E-state index contributed by atoms with van der Waals surface area (Å²) in [5.74, 6) is 1.22. The van der Waals surface area contributed by atoms with Crippen molar-refractivity contribution < 1.29 is 9.47 Å². The van der Waals surface area contributed by atoms with Crippen LogP contribution in [0.15, 0.2) is 18.3 Å². The summed E-state index contributed by atoms with van der Waals surface area (Å²) < 4.78 is 11.0. The van der Waals surface area contributed by atoms with Crippen LogP contribution in [0.3, 0.4) is 0 Å². The molecule has 2 unspecified atom stereocenters. The van der Waals surface area contributed by atoms with Gasteiger partial charge in [0.1, 0.15) is 0 Å². The van der Waals surface area contributed by atoms with E-state index >= 15 is 0 Å². The molecule has 94 valence electrons. The van der Waals surface area contributed by atoms with Crippen LogP contribution in [0, 0.1) is 5.92 Å². The minimum absolute atomic E-state index is 0.315. The summed E-state index contributed by atoms with van der Waals surface area (Å²) >= 11 is 0. The van der Waals surface area contributed by atoms with E-state index < -0.39 is 0 Å². The monoisotopic (exact) mass is 236 g/mol. The molecule has 1 aliphatic heterocycles. The van der Waals surface area contributed by atoms with Gasteiger partial charge < -0.3 is 14.8 Å². The zero-order valence-corrected chi connectivity index (χ0v) is 10.5. The van der Waals surface area contributed by atoms with Crippen LogP contribution in [0.25, 0.3) is 0 Å². The van der Waals surface area contributed by atoms with Gasteiger partial charge in [0, 0.05) is 30.8 Å². The van der Waals surface area contributed by atoms with Gasteiger partial charge in [0.25, 0.3) is 0 Å². The minimum Gasteiger partial charge on any atom is -0.477 e. The normalized spacial score (nSPS) is 21.4. The molecule has 4 nitrogen and oxygen atoms in total. The third-order valence-corrected chi connectivity index (χ3v) is 3.18. The summed E-state index contributed by atoms with van der Waals surface area (Å²) in [4.78, 5) is 4.23. The Bertz CT molecular complexity index is 351. The van der Waals surface area contributed by atoms with Gasteiger partial charge in [0.05, 0.1) is 13.2 Å². The quantitative estimate of drug-likeness (QED) is 0.846. The number of ether oxygens (including phenoxy) is 2. The van der Waals surface area contributed by atoms with Crippen LogP contribution < -0.4 is 10.1 Å². The van der Waals surface area contributed by atoms with Gasteiger partial charge in [-0.15, -0.1) is 0 Å². The fourth-order valence-electron chi connectivity index (χ4n) is 1.86. The molecule has 0 spiro atoms. The Morgan fingerprint density at radius 3 is 3.24 bits per heavy atom. The van der Waals surface area contributed by atoms with Gasteiger partial charge in [-0.1, -0.05) is 0 Å². The maximum atomic E-state index is 5.71. The Balaban J connectivity index is 1.91. The maximum absolute atomic E-state index is 5.71. The van der Waals surface area contributed by atoms with E-state index in [2.05, 4.69) is 17.2 Å². The third kappa shape index (κ3) is 3.41. The smallest absolute Gasteiger partial charge is 0.213 e. The van der Waals surface area contributed by atoms with E-state index in [1.54, 1.807) is 6.20 Å². The maximum Gasteiger partial charge on any atom is 0.213 e. The number of nitrogens with one attached hydrogen (secondary N) is 1. The highest BCUT2D eigenvalue weighted by atomic mass is 16.5. The Kier molecular flexibility index (Phi) is 4.34. The second kappa shape index (κ2) is 5.98. The van der Waals surface area contributed by atoms with E-state index in [1.807, 2.05) is 19.2 Å². The zero-order chi connectivity index (χ0) is 12.1. The lowest BCUT2D eigenvalue weighted by Gasteiger charge is -2.13. The molecule has 0 aromatic carbocycles. The number of hydrogen-bond donors (Lipinski definition) is 1. The molecule has 1 N–H and O–H groups in total. The first-order valence-corrected chi connectivity index (χ1v) is 6.13. The molecule has 1 fully saturated rings. The average molecular weight is 236 g/mol. The molecule has 2 heterocycles. The van der Waals surface area contributed by atoms with Crippen molar-refractivity contribution in [1.29, 1.82) is 0 Å². The lowest BCUT2D eigenvalue weighted by molar-refractivity contribution is 0.165.